The van der Waals surface area contributed by atoms with Crippen LogP contribution in [0.1, 0.15) is 18.5 Å². The molecule has 0 saturated heterocycles. The van der Waals surface area contributed by atoms with Crippen LogP contribution in [0.15, 0.2) is 79.1 Å². The topological polar surface area (TPSA) is 95.2 Å². The van der Waals surface area contributed by atoms with Gasteiger partial charge in [0.15, 0.2) is 0 Å². The molecule has 1 aromatic heterocycles. The molecule has 7 heteroatoms. The second-order valence-corrected chi connectivity index (χ2v) is 6.13. The molecule has 3 aromatic rings. The number of benzene rings is 2. The second-order valence-electron chi connectivity index (χ2n) is 6.13. The second kappa shape index (κ2) is 9.18. The summed E-state index contributed by atoms with van der Waals surface area (Å²) in [7, 11) is 0. The van der Waals surface area contributed by atoms with E-state index in [1.807, 2.05) is 37.3 Å². The molecule has 142 valence electrons. The van der Waals surface area contributed by atoms with Gasteiger partial charge in [0.2, 0.25) is 0 Å². The smallest absolute Gasteiger partial charge is 0.323 e. The van der Waals surface area contributed by atoms with Gasteiger partial charge in [0, 0.05) is 29.5 Å². The van der Waals surface area contributed by atoms with E-state index in [-0.39, 0.29) is 18.1 Å². The molecule has 1 atom stereocenters. The number of aromatic nitrogens is 1. The van der Waals surface area contributed by atoms with Crippen LogP contribution in [0, 0.1) is 0 Å². The van der Waals surface area contributed by atoms with Crippen molar-refractivity contribution in [3.63, 3.8) is 0 Å². The number of urea groups is 2. The predicted molar refractivity (Wildman–Crippen MR) is 110 cm³/mol. The van der Waals surface area contributed by atoms with E-state index in [1.165, 1.54) is 0 Å². The van der Waals surface area contributed by atoms with E-state index in [0.717, 1.165) is 5.56 Å². The largest absolute Gasteiger partial charge is 0.331 e. The number of nitrogens with one attached hydrogen (secondary N) is 4. The number of hydrogen-bond acceptors (Lipinski definition) is 3. The summed E-state index contributed by atoms with van der Waals surface area (Å²) in [6, 6.07) is 18.9. The van der Waals surface area contributed by atoms with Crippen molar-refractivity contribution in [3.8, 4) is 0 Å². The highest BCUT2D eigenvalue weighted by atomic mass is 16.2. The number of hydrogen-bond donors (Lipinski definition) is 4. The molecule has 0 aliphatic rings. The van der Waals surface area contributed by atoms with E-state index in [1.54, 1.807) is 48.8 Å². The number of para-hydroxylation sites is 1. The van der Waals surface area contributed by atoms with Crippen molar-refractivity contribution in [3.05, 3.63) is 84.7 Å². The number of nitrogens with zero attached hydrogens (tertiary/aromatic N) is 1. The summed E-state index contributed by atoms with van der Waals surface area (Å²) >= 11 is 0. The molecule has 28 heavy (non-hydrogen) atoms. The van der Waals surface area contributed by atoms with Crippen LogP contribution in [-0.4, -0.2) is 17.0 Å². The zero-order valence-electron chi connectivity index (χ0n) is 15.3. The standard InChI is InChI=1S/C21H21N5O2/c1-15(16-10-12-22-13-11-16)23-20(27)25-18-8-5-9-19(14-18)26-21(28)24-17-6-3-2-4-7-17/h2-15H,1H3,(H2,23,25,27)(H2,24,26,28). The highest BCUT2D eigenvalue weighted by Crippen LogP contribution is 2.16. The van der Waals surface area contributed by atoms with E-state index >= 15 is 0 Å². The van der Waals surface area contributed by atoms with Crippen LogP contribution in [0.2, 0.25) is 0 Å². The van der Waals surface area contributed by atoms with Crippen molar-refractivity contribution in [2.24, 2.45) is 0 Å². The van der Waals surface area contributed by atoms with Crippen LogP contribution in [0.25, 0.3) is 0 Å². The minimum Gasteiger partial charge on any atom is -0.331 e. The van der Waals surface area contributed by atoms with Crippen molar-refractivity contribution in [1.29, 1.82) is 0 Å². The van der Waals surface area contributed by atoms with Crippen LogP contribution in [-0.2, 0) is 0 Å². The van der Waals surface area contributed by atoms with Crippen LogP contribution in [0.5, 0.6) is 0 Å². The summed E-state index contributed by atoms with van der Waals surface area (Å²) in [5.41, 5.74) is 2.78. The zero-order chi connectivity index (χ0) is 19.8. The Morgan fingerprint density at radius 3 is 2.00 bits per heavy atom. The van der Waals surface area contributed by atoms with Crippen molar-refractivity contribution < 1.29 is 9.59 Å². The van der Waals surface area contributed by atoms with E-state index in [2.05, 4.69) is 26.3 Å². The molecule has 7 nitrogen and oxygen atoms in total. The molecule has 0 aliphatic carbocycles. The molecule has 4 N–H and O–H groups in total. The van der Waals surface area contributed by atoms with E-state index < -0.39 is 0 Å². The van der Waals surface area contributed by atoms with Gasteiger partial charge in [0.1, 0.15) is 0 Å². The summed E-state index contributed by atoms with van der Waals surface area (Å²) in [6.07, 6.45) is 3.36. The molecule has 3 rings (SSSR count). The summed E-state index contributed by atoms with van der Waals surface area (Å²) in [4.78, 5) is 28.3. The molecule has 2 aromatic carbocycles. The lowest BCUT2D eigenvalue weighted by molar-refractivity contribution is 0.249. The number of anilines is 3. The van der Waals surface area contributed by atoms with Crippen LogP contribution in [0.3, 0.4) is 0 Å². The molecule has 0 aliphatic heterocycles. The van der Waals surface area contributed by atoms with Gasteiger partial charge < -0.3 is 21.3 Å². The van der Waals surface area contributed by atoms with Crippen LogP contribution >= 0.6 is 0 Å². The summed E-state index contributed by atoms with van der Waals surface area (Å²) in [5, 5.41) is 11.1. The molecule has 0 fully saturated rings. The lowest BCUT2D eigenvalue weighted by atomic mass is 10.1. The van der Waals surface area contributed by atoms with Crippen LogP contribution < -0.4 is 21.3 Å². The number of carbonyl (C=O) groups is 2. The maximum atomic E-state index is 12.2. The first-order valence-corrected chi connectivity index (χ1v) is 8.81. The van der Waals surface area contributed by atoms with E-state index in [4.69, 9.17) is 0 Å². The SMILES string of the molecule is CC(NC(=O)Nc1cccc(NC(=O)Nc2ccccc2)c1)c1ccncc1. The van der Waals surface area contributed by atoms with Gasteiger partial charge in [-0.05, 0) is 55.0 Å². The molecular formula is C21H21N5O2. The molecule has 1 unspecified atom stereocenters. The van der Waals surface area contributed by atoms with Crippen molar-refractivity contribution in [2.45, 2.75) is 13.0 Å². The third-order valence-corrected chi connectivity index (χ3v) is 3.96. The minimum absolute atomic E-state index is 0.166. The Morgan fingerprint density at radius 2 is 1.32 bits per heavy atom. The highest BCUT2D eigenvalue weighted by molar-refractivity contribution is 6.00. The number of amides is 4. The molecule has 1 heterocycles. The maximum Gasteiger partial charge on any atom is 0.323 e. The molecule has 0 bridgehead atoms. The van der Waals surface area contributed by atoms with Gasteiger partial charge in [-0.25, -0.2) is 9.59 Å². The van der Waals surface area contributed by atoms with Crippen LogP contribution in [0.4, 0.5) is 26.7 Å². The summed E-state index contributed by atoms with van der Waals surface area (Å²) < 4.78 is 0. The quantitative estimate of drug-likeness (QED) is 0.524. The van der Waals surface area contributed by atoms with Crippen molar-refractivity contribution in [1.82, 2.24) is 10.3 Å². The van der Waals surface area contributed by atoms with Gasteiger partial charge in [0.05, 0.1) is 6.04 Å². The summed E-state index contributed by atoms with van der Waals surface area (Å²) in [6.45, 7) is 1.89. The fraction of sp³-hybridized carbons (Fsp3) is 0.0952. The fourth-order valence-corrected chi connectivity index (χ4v) is 2.59. The first kappa shape index (κ1) is 18.9. The van der Waals surface area contributed by atoms with Gasteiger partial charge >= 0.3 is 12.1 Å². The molecule has 0 spiro atoms. The maximum absolute atomic E-state index is 12.2. The van der Waals surface area contributed by atoms with E-state index in [0.29, 0.717) is 17.1 Å². The molecule has 0 radical (unpaired) electrons. The van der Waals surface area contributed by atoms with E-state index in [9.17, 15) is 9.59 Å². The molecular weight excluding hydrogens is 354 g/mol. The predicted octanol–water partition coefficient (Wildman–Crippen LogP) is 4.61. The van der Waals surface area contributed by atoms with Crippen molar-refractivity contribution in [2.75, 3.05) is 16.0 Å². The first-order chi connectivity index (χ1) is 13.6. The lowest BCUT2D eigenvalue weighted by Gasteiger charge is -2.15. The Kier molecular flexibility index (Phi) is 6.20. The van der Waals surface area contributed by atoms with Gasteiger partial charge in [-0.3, -0.25) is 4.98 Å². The Hall–Kier alpha value is -3.87. The first-order valence-electron chi connectivity index (χ1n) is 8.81. The third kappa shape index (κ3) is 5.57. The minimum atomic E-state index is -0.362. The van der Waals surface area contributed by atoms with Gasteiger partial charge in [0.25, 0.3) is 0 Å². The lowest BCUT2D eigenvalue weighted by Crippen LogP contribution is -2.31. The third-order valence-electron chi connectivity index (χ3n) is 3.96. The van der Waals surface area contributed by atoms with Gasteiger partial charge in [-0.2, -0.15) is 0 Å². The number of carbonyl (C=O) groups excluding carboxylic acids is 2. The zero-order valence-corrected chi connectivity index (χ0v) is 15.3. The molecule has 0 saturated carbocycles. The average Bonchev–Trinajstić information content (AvgIpc) is 2.69. The average molecular weight is 375 g/mol. The summed E-state index contributed by atoms with van der Waals surface area (Å²) in [5.74, 6) is 0. The van der Waals surface area contributed by atoms with Crippen molar-refractivity contribution >= 4 is 29.1 Å². The Labute approximate surface area is 163 Å². The Balaban J connectivity index is 1.55. The fourth-order valence-electron chi connectivity index (χ4n) is 2.59. The Bertz CT molecular complexity index is 932. The Morgan fingerprint density at radius 1 is 0.750 bits per heavy atom. The van der Waals surface area contributed by atoms with Gasteiger partial charge in [-0.1, -0.05) is 24.3 Å². The highest BCUT2D eigenvalue weighted by Gasteiger charge is 2.10. The monoisotopic (exact) mass is 375 g/mol. The molecule has 4 amide bonds. The normalized spacial score (nSPS) is 11.2. The van der Waals surface area contributed by atoms with Gasteiger partial charge in [-0.15, -0.1) is 0 Å². The number of rotatable bonds is 5. The number of pyridine rings is 1.